The predicted octanol–water partition coefficient (Wildman–Crippen LogP) is 2.58. The Kier molecular flexibility index (Phi) is 4.04. The van der Waals surface area contributed by atoms with Crippen LogP contribution in [0.1, 0.15) is 46.0 Å². The van der Waals surface area contributed by atoms with Crippen LogP contribution >= 0.6 is 0 Å². The minimum atomic E-state index is 0.532. The first-order valence-corrected chi connectivity index (χ1v) is 6.59. The fourth-order valence-electron chi connectivity index (χ4n) is 2.79. The highest BCUT2D eigenvalue weighted by Crippen LogP contribution is 2.30. The van der Waals surface area contributed by atoms with Crippen molar-refractivity contribution >= 4 is 0 Å². The maximum Gasteiger partial charge on any atom is 0.0594 e. The Morgan fingerprint density at radius 2 is 1.73 bits per heavy atom. The Morgan fingerprint density at radius 3 is 2.33 bits per heavy atom. The summed E-state index contributed by atoms with van der Waals surface area (Å²) < 4.78 is 5.94. The van der Waals surface area contributed by atoms with Gasteiger partial charge in [0, 0.05) is 12.6 Å². The highest BCUT2D eigenvalue weighted by molar-refractivity contribution is 4.80. The first kappa shape index (κ1) is 11.4. The third-order valence-corrected chi connectivity index (χ3v) is 3.60. The van der Waals surface area contributed by atoms with Crippen LogP contribution in [0.25, 0.3) is 0 Å². The van der Waals surface area contributed by atoms with Gasteiger partial charge < -0.3 is 10.1 Å². The van der Waals surface area contributed by atoms with Gasteiger partial charge in [-0.05, 0) is 43.9 Å². The molecule has 1 N–H and O–H groups in total. The van der Waals surface area contributed by atoms with Gasteiger partial charge in [0.05, 0.1) is 12.7 Å². The Morgan fingerprint density at radius 1 is 1.07 bits per heavy atom. The zero-order valence-electron chi connectivity index (χ0n) is 10.2. The van der Waals surface area contributed by atoms with Crippen LogP contribution in [-0.2, 0) is 4.74 Å². The van der Waals surface area contributed by atoms with Crippen molar-refractivity contribution in [3.8, 4) is 0 Å². The zero-order valence-corrected chi connectivity index (χ0v) is 10.2. The van der Waals surface area contributed by atoms with E-state index in [2.05, 4.69) is 19.2 Å². The molecular weight excluding hydrogens is 186 g/mol. The number of hydrogen-bond donors (Lipinski definition) is 1. The van der Waals surface area contributed by atoms with Gasteiger partial charge in [-0.25, -0.2) is 0 Å². The molecule has 0 aliphatic heterocycles. The third kappa shape index (κ3) is 4.12. The molecule has 2 atom stereocenters. The van der Waals surface area contributed by atoms with E-state index in [1.54, 1.807) is 0 Å². The Hall–Kier alpha value is -0.0800. The van der Waals surface area contributed by atoms with Crippen molar-refractivity contribution in [1.82, 2.24) is 5.32 Å². The Balaban J connectivity index is 1.56. The summed E-state index contributed by atoms with van der Waals surface area (Å²) in [4.78, 5) is 0. The molecule has 0 spiro atoms. The summed E-state index contributed by atoms with van der Waals surface area (Å²) in [7, 11) is 0. The van der Waals surface area contributed by atoms with E-state index in [1.165, 1.54) is 32.1 Å². The fraction of sp³-hybridized carbons (Fsp3) is 1.00. The summed E-state index contributed by atoms with van der Waals surface area (Å²) in [6.07, 6.45) is 7.21. The molecule has 2 aliphatic rings. The van der Waals surface area contributed by atoms with Crippen molar-refractivity contribution in [3.63, 3.8) is 0 Å². The van der Waals surface area contributed by atoms with Crippen LogP contribution in [0.15, 0.2) is 0 Å². The van der Waals surface area contributed by atoms with Crippen molar-refractivity contribution in [2.45, 2.75) is 58.1 Å². The SMILES string of the molecule is CC1CC(C)CC(OCCNC2CC2)C1. The molecule has 0 bridgehead atoms. The number of rotatable bonds is 5. The van der Waals surface area contributed by atoms with Gasteiger partial charge in [-0.15, -0.1) is 0 Å². The van der Waals surface area contributed by atoms with Crippen LogP contribution in [0.5, 0.6) is 0 Å². The smallest absolute Gasteiger partial charge is 0.0594 e. The quantitative estimate of drug-likeness (QED) is 0.706. The van der Waals surface area contributed by atoms with Gasteiger partial charge in [-0.1, -0.05) is 13.8 Å². The van der Waals surface area contributed by atoms with Crippen LogP contribution in [0, 0.1) is 11.8 Å². The third-order valence-electron chi connectivity index (χ3n) is 3.60. The van der Waals surface area contributed by atoms with Crippen molar-refractivity contribution in [2.24, 2.45) is 11.8 Å². The monoisotopic (exact) mass is 211 g/mol. The molecule has 15 heavy (non-hydrogen) atoms. The maximum atomic E-state index is 5.94. The molecule has 0 aromatic heterocycles. The average molecular weight is 211 g/mol. The van der Waals surface area contributed by atoms with E-state index >= 15 is 0 Å². The van der Waals surface area contributed by atoms with Gasteiger partial charge in [0.1, 0.15) is 0 Å². The molecule has 2 nitrogen and oxygen atoms in total. The van der Waals surface area contributed by atoms with Gasteiger partial charge in [0.25, 0.3) is 0 Å². The van der Waals surface area contributed by atoms with Crippen LogP contribution in [0.3, 0.4) is 0 Å². The molecule has 2 rings (SSSR count). The second kappa shape index (κ2) is 5.31. The summed E-state index contributed by atoms with van der Waals surface area (Å²) >= 11 is 0. The van der Waals surface area contributed by atoms with Crippen LogP contribution in [0.4, 0.5) is 0 Å². The number of nitrogens with one attached hydrogen (secondary N) is 1. The van der Waals surface area contributed by atoms with Crippen LogP contribution in [0.2, 0.25) is 0 Å². The highest BCUT2D eigenvalue weighted by atomic mass is 16.5. The van der Waals surface area contributed by atoms with Gasteiger partial charge in [-0.3, -0.25) is 0 Å². The van der Waals surface area contributed by atoms with E-state index in [1.807, 2.05) is 0 Å². The summed E-state index contributed by atoms with van der Waals surface area (Å²) in [5.41, 5.74) is 0. The summed E-state index contributed by atoms with van der Waals surface area (Å²) in [6, 6.07) is 0.817. The maximum absolute atomic E-state index is 5.94. The fourth-order valence-corrected chi connectivity index (χ4v) is 2.79. The zero-order chi connectivity index (χ0) is 10.7. The van der Waals surface area contributed by atoms with E-state index in [-0.39, 0.29) is 0 Å². The molecule has 0 heterocycles. The Labute approximate surface area is 93.8 Å². The van der Waals surface area contributed by atoms with E-state index in [0.29, 0.717) is 6.10 Å². The van der Waals surface area contributed by atoms with E-state index in [0.717, 1.165) is 31.0 Å². The molecular formula is C13H25NO. The normalized spacial score (nSPS) is 36.8. The molecule has 2 fully saturated rings. The van der Waals surface area contributed by atoms with Crippen molar-refractivity contribution in [1.29, 1.82) is 0 Å². The summed E-state index contributed by atoms with van der Waals surface area (Å²) in [5, 5.41) is 3.49. The minimum absolute atomic E-state index is 0.532. The molecule has 2 unspecified atom stereocenters. The molecule has 2 saturated carbocycles. The lowest BCUT2D eigenvalue weighted by molar-refractivity contribution is 0.00261. The van der Waals surface area contributed by atoms with Gasteiger partial charge in [0.2, 0.25) is 0 Å². The van der Waals surface area contributed by atoms with Crippen molar-refractivity contribution in [3.05, 3.63) is 0 Å². The molecule has 0 amide bonds. The van der Waals surface area contributed by atoms with E-state index in [9.17, 15) is 0 Å². The van der Waals surface area contributed by atoms with Crippen molar-refractivity contribution < 1.29 is 4.74 Å². The summed E-state index contributed by atoms with van der Waals surface area (Å²) in [5.74, 6) is 1.71. The van der Waals surface area contributed by atoms with Crippen LogP contribution < -0.4 is 5.32 Å². The number of ether oxygens (including phenoxy) is 1. The second-order valence-electron chi connectivity index (χ2n) is 5.64. The van der Waals surface area contributed by atoms with Crippen molar-refractivity contribution in [2.75, 3.05) is 13.2 Å². The molecule has 0 saturated heterocycles. The second-order valence-corrected chi connectivity index (χ2v) is 5.64. The standard InChI is InChI=1S/C13H25NO/c1-10-7-11(2)9-13(8-10)15-6-5-14-12-3-4-12/h10-14H,3-9H2,1-2H3. The molecule has 0 aromatic carbocycles. The van der Waals surface area contributed by atoms with E-state index < -0.39 is 0 Å². The lowest BCUT2D eigenvalue weighted by Gasteiger charge is -2.31. The molecule has 0 radical (unpaired) electrons. The Bertz CT molecular complexity index is 181. The minimum Gasteiger partial charge on any atom is -0.377 e. The van der Waals surface area contributed by atoms with Crippen LogP contribution in [-0.4, -0.2) is 25.3 Å². The number of hydrogen-bond acceptors (Lipinski definition) is 2. The molecule has 2 aliphatic carbocycles. The predicted molar refractivity (Wildman–Crippen MR) is 62.9 cm³/mol. The molecule has 2 heteroatoms. The van der Waals surface area contributed by atoms with Gasteiger partial charge in [-0.2, -0.15) is 0 Å². The molecule has 0 aromatic rings. The highest BCUT2D eigenvalue weighted by Gasteiger charge is 2.24. The lowest BCUT2D eigenvalue weighted by atomic mass is 9.82. The average Bonchev–Trinajstić information content (AvgIpc) is 2.94. The molecule has 88 valence electrons. The lowest BCUT2D eigenvalue weighted by Crippen LogP contribution is -2.29. The first-order chi connectivity index (χ1) is 7.24. The summed E-state index contributed by atoms with van der Waals surface area (Å²) in [6.45, 7) is 6.66. The van der Waals surface area contributed by atoms with Gasteiger partial charge in [0.15, 0.2) is 0 Å². The first-order valence-electron chi connectivity index (χ1n) is 6.59. The largest absolute Gasteiger partial charge is 0.377 e. The van der Waals surface area contributed by atoms with Gasteiger partial charge >= 0.3 is 0 Å². The topological polar surface area (TPSA) is 21.3 Å². The van der Waals surface area contributed by atoms with E-state index in [4.69, 9.17) is 4.74 Å².